The number of para-hydroxylation sites is 2. The zero-order valence-corrected chi connectivity index (χ0v) is 17.0. The molecule has 2 aromatic carbocycles. The largest absolute Gasteiger partial charge is 0.495 e. The van der Waals surface area contributed by atoms with Crippen molar-refractivity contribution in [2.75, 3.05) is 52.3 Å². The molecule has 0 bridgehead atoms. The number of anilines is 1. The number of guanidine groups is 1. The molecule has 2 aromatic rings. The summed E-state index contributed by atoms with van der Waals surface area (Å²) >= 11 is 0. The molecule has 1 aliphatic heterocycles. The minimum absolute atomic E-state index is 0.632. The van der Waals surface area contributed by atoms with Crippen LogP contribution in [0.2, 0.25) is 0 Å². The molecular weight excluding hydrogens is 352 g/mol. The zero-order chi connectivity index (χ0) is 19.8. The number of nitrogens with one attached hydrogen (secondary N) is 1. The molecule has 1 heterocycles. The molecule has 0 aliphatic carbocycles. The highest BCUT2D eigenvalue weighted by Crippen LogP contribution is 2.28. The fourth-order valence-electron chi connectivity index (χ4n) is 3.56. The Balaban J connectivity index is 1.56. The highest BCUT2D eigenvalue weighted by atomic mass is 16.5. The molecule has 0 amide bonds. The third-order valence-electron chi connectivity index (χ3n) is 4.97. The lowest BCUT2D eigenvalue weighted by Crippen LogP contribution is -2.52. The summed E-state index contributed by atoms with van der Waals surface area (Å²) in [7, 11) is 5.29. The maximum absolute atomic E-state index is 5.51. The molecule has 6 nitrogen and oxygen atoms in total. The third-order valence-corrected chi connectivity index (χ3v) is 4.97. The molecule has 0 unspecified atom stereocenters. The van der Waals surface area contributed by atoms with Gasteiger partial charge in [-0.05, 0) is 23.3 Å². The van der Waals surface area contributed by atoms with Gasteiger partial charge in [-0.25, -0.2) is 0 Å². The molecule has 0 aromatic heterocycles. The summed E-state index contributed by atoms with van der Waals surface area (Å²) < 4.78 is 10.7. The van der Waals surface area contributed by atoms with Crippen molar-refractivity contribution in [3.05, 3.63) is 59.7 Å². The first kappa shape index (κ1) is 20.0. The van der Waals surface area contributed by atoms with Crippen LogP contribution in [0.5, 0.6) is 5.75 Å². The molecule has 1 fully saturated rings. The molecule has 3 rings (SSSR count). The molecule has 6 heteroatoms. The van der Waals surface area contributed by atoms with E-state index < -0.39 is 0 Å². The van der Waals surface area contributed by atoms with Crippen LogP contribution in [-0.4, -0.2) is 58.3 Å². The predicted octanol–water partition coefficient (Wildman–Crippen LogP) is 2.74. The maximum atomic E-state index is 5.51. The maximum Gasteiger partial charge on any atom is 0.194 e. The SMILES string of the molecule is CN=C(NCc1cccc(COC)c1)N1CCN(c2ccccc2OC)CC1. The van der Waals surface area contributed by atoms with E-state index in [1.165, 1.54) is 11.1 Å². The molecule has 1 N–H and O–H groups in total. The number of ether oxygens (including phenoxy) is 2. The van der Waals surface area contributed by atoms with E-state index in [9.17, 15) is 0 Å². The van der Waals surface area contributed by atoms with Gasteiger partial charge in [0.1, 0.15) is 5.75 Å². The molecule has 28 heavy (non-hydrogen) atoms. The normalized spacial score (nSPS) is 14.9. The highest BCUT2D eigenvalue weighted by molar-refractivity contribution is 5.80. The van der Waals surface area contributed by atoms with Gasteiger partial charge in [-0.3, -0.25) is 4.99 Å². The van der Waals surface area contributed by atoms with E-state index in [0.717, 1.165) is 50.1 Å². The number of piperazine rings is 1. The number of nitrogens with zero attached hydrogens (tertiary/aromatic N) is 3. The van der Waals surface area contributed by atoms with Crippen molar-refractivity contribution < 1.29 is 9.47 Å². The summed E-state index contributed by atoms with van der Waals surface area (Å²) in [5, 5.41) is 3.49. The lowest BCUT2D eigenvalue weighted by atomic mass is 10.1. The lowest BCUT2D eigenvalue weighted by Gasteiger charge is -2.38. The van der Waals surface area contributed by atoms with Crippen molar-refractivity contribution in [1.29, 1.82) is 0 Å². The number of rotatable bonds is 6. The Kier molecular flexibility index (Phi) is 7.14. The molecule has 1 aliphatic rings. The lowest BCUT2D eigenvalue weighted by molar-refractivity contribution is 0.185. The van der Waals surface area contributed by atoms with Crippen molar-refractivity contribution in [3.8, 4) is 5.75 Å². The van der Waals surface area contributed by atoms with Gasteiger partial charge in [0.25, 0.3) is 0 Å². The van der Waals surface area contributed by atoms with Crippen LogP contribution >= 0.6 is 0 Å². The molecule has 0 spiro atoms. The van der Waals surface area contributed by atoms with Gasteiger partial charge in [0, 0.05) is 46.9 Å². The first-order valence-electron chi connectivity index (χ1n) is 9.65. The smallest absolute Gasteiger partial charge is 0.194 e. The third kappa shape index (κ3) is 4.95. The minimum Gasteiger partial charge on any atom is -0.495 e. The van der Waals surface area contributed by atoms with Crippen molar-refractivity contribution >= 4 is 11.6 Å². The van der Waals surface area contributed by atoms with Crippen molar-refractivity contribution in [1.82, 2.24) is 10.2 Å². The Morgan fingerprint density at radius 2 is 1.75 bits per heavy atom. The summed E-state index contributed by atoms with van der Waals surface area (Å²) in [4.78, 5) is 9.16. The van der Waals surface area contributed by atoms with Crippen LogP contribution in [0.1, 0.15) is 11.1 Å². The second kappa shape index (κ2) is 9.99. The quantitative estimate of drug-likeness (QED) is 0.615. The van der Waals surface area contributed by atoms with Gasteiger partial charge in [0.2, 0.25) is 0 Å². The summed E-state index contributed by atoms with van der Waals surface area (Å²) in [6, 6.07) is 16.6. The van der Waals surface area contributed by atoms with E-state index >= 15 is 0 Å². The van der Waals surface area contributed by atoms with Crippen molar-refractivity contribution in [3.63, 3.8) is 0 Å². The zero-order valence-electron chi connectivity index (χ0n) is 17.0. The molecular formula is C22H30N4O2. The van der Waals surface area contributed by atoms with E-state index in [2.05, 4.69) is 56.5 Å². The van der Waals surface area contributed by atoms with Crippen LogP contribution in [0, 0.1) is 0 Å². The van der Waals surface area contributed by atoms with E-state index in [1.54, 1.807) is 14.2 Å². The Morgan fingerprint density at radius 3 is 2.46 bits per heavy atom. The van der Waals surface area contributed by atoms with Crippen LogP contribution in [0.3, 0.4) is 0 Å². The predicted molar refractivity (Wildman–Crippen MR) is 114 cm³/mol. The monoisotopic (exact) mass is 382 g/mol. The summed E-state index contributed by atoms with van der Waals surface area (Å²) in [5.41, 5.74) is 3.56. The van der Waals surface area contributed by atoms with Gasteiger partial charge in [0.05, 0.1) is 19.4 Å². The number of methoxy groups -OCH3 is 2. The minimum atomic E-state index is 0.632. The molecule has 1 saturated heterocycles. The molecule has 0 atom stereocenters. The number of hydrogen-bond acceptors (Lipinski definition) is 4. The van der Waals surface area contributed by atoms with Crippen LogP contribution in [0.15, 0.2) is 53.5 Å². The van der Waals surface area contributed by atoms with Crippen LogP contribution in [0.25, 0.3) is 0 Å². The van der Waals surface area contributed by atoms with Gasteiger partial charge in [0.15, 0.2) is 5.96 Å². The van der Waals surface area contributed by atoms with Crippen LogP contribution in [-0.2, 0) is 17.9 Å². The summed E-state index contributed by atoms with van der Waals surface area (Å²) in [6.45, 7) is 5.09. The second-order valence-electron chi connectivity index (χ2n) is 6.80. The Labute approximate surface area is 167 Å². The first-order valence-corrected chi connectivity index (χ1v) is 9.65. The van der Waals surface area contributed by atoms with Gasteiger partial charge < -0.3 is 24.6 Å². The van der Waals surface area contributed by atoms with Crippen LogP contribution in [0.4, 0.5) is 5.69 Å². The van der Waals surface area contributed by atoms with E-state index in [-0.39, 0.29) is 0 Å². The molecule has 0 radical (unpaired) electrons. The fraction of sp³-hybridized carbons (Fsp3) is 0.409. The van der Waals surface area contributed by atoms with Crippen molar-refractivity contribution in [2.24, 2.45) is 4.99 Å². The fourth-order valence-corrected chi connectivity index (χ4v) is 3.56. The van der Waals surface area contributed by atoms with Gasteiger partial charge in [-0.2, -0.15) is 0 Å². The van der Waals surface area contributed by atoms with E-state index in [1.807, 2.05) is 19.2 Å². The van der Waals surface area contributed by atoms with E-state index in [0.29, 0.717) is 6.61 Å². The first-order chi connectivity index (χ1) is 13.7. The standard InChI is InChI=1S/C22H30N4O2/c1-23-22(24-16-18-7-6-8-19(15-18)17-27-2)26-13-11-25(12-14-26)20-9-4-5-10-21(20)28-3/h4-10,15H,11-14,16-17H2,1-3H3,(H,23,24). The topological polar surface area (TPSA) is 49.3 Å². The van der Waals surface area contributed by atoms with Crippen LogP contribution < -0.4 is 15.0 Å². The summed E-state index contributed by atoms with van der Waals surface area (Å²) in [5.74, 6) is 1.87. The summed E-state index contributed by atoms with van der Waals surface area (Å²) in [6.07, 6.45) is 0. The van der Waals surface area contributed by atoms with Crippen molar-refractivity contribution in [2.45, 2.75) is 13.2 Å². The average Bonchev–Trinajstić information content (AvgIpc) is 2.75. The van der Waals surface area contributed by atoms with Gasteiger partial charge in [-0.15, -0.1) is 0 Å². The number of hydrogen-bond donors (Lipinski definition) is 1. The molecule has 150 valence electrons. The number of benzene rings is 2. The Morgan fingerprint density at radius 1 is 1.00 bits per heavy atom. The average molecular weight is 383 g/mol. The Bertz CT molecular complexity index is 786. The van der Waals surface area contributed by atoms with E-state index in [4.69, 9.17) is 9.47 Å². The van der Waals surface area contributed by atoms with Gasteiger partial charge in [-0.1, -0.05) is 36.4 Å². The molecule has 0 saturated carbocycles. The van der Waals surface area contributed by atoms with Gasteiger partial charge >= 0.3 is 0 Å². The Hall–Kier alpha value is -2.73. The highest BCUT2D eigenvalue weighted by Gasteiger charge is 2.21. The number of aliphatic imine (C=N–C) groups is 1. The second-order valence-corrected chi connectivity index (χ2v) is 6.80.